The Hall–Kier alpha value is -3.61. The monoisotopic (exact) mass is 445 g/mol. The van der Waals surface area contributed by atoms with Gasteiger partial charge in [0.1, 0.15) is 5.82 Å². The molecule has 0 saturated carbocycles. The molecule has 7 heteroatoms. The lowest BCUT2D eigenvalue weighted by Crippen LogP contribution is -2.34. The van der Waals surface area contributed by atoms with Crippen molar-refractivity contribution in [2.24, 2.45) is 5.73 Å². The van der Waals surface area contributed by atoms with Gasteiger partial charge in [-0.2, -0.15) is 5.10 Å². The first-order valence-corrected chi connectivity index (χ1v) is 11.7. The molecule has 4 rings (SSSR count). The topological polar surface area (TPSA) is 102 Å². The molecule has 172 valence electrons. The second kappa shape index (κ2) is 10.3. The number of nitrogens with zero attached hydrogens (tertiary/aromatic N) is 2. The third kappa shape index (κ3) is 5.61. The highest BCUT2D eigenvalue weighted by Crippen LogP contribution is 2.29. The molecular formula is C26H31N5O2. The maximum absolute atomic E-state index is 13.0. The number of amides is 3. The molecule has 2 aromatic carbocycles. The number of fused-ring (bicyclic) bond motifs is 1. The molecule has 4 N–H and O–H groups in total. The van der Waals surface area contributed by atoms with Gasteiger partial charge in [0, 0.05) is 6.07 Å². The standard InChI is InChI=1S/C26H31N5O2/c1-2-3-11-20-17-25(31(30-20)21-12-6-8-18(15-21)16-24(27)32)29-26(33)28-23-14-7-10-19-9-4-5-13-22(19)23/h4-6,8-9,12-13,15,17,23H,2-3,7,10-11,14,16H2,1H3,(H2,27,32)(H2,28,29,33). The molecule has 0 spiro atoms. The van der Waals surface area contributed by atoms with Crippen LogP contribution in [0.4, 0.5) is 10.6 Å². The van der Waals surface area contributed by atoms with Crippen LogP contribution in [0.25, 0.3) is 5.69 Å². The lowest BCUT2D eigenvalue weighted by atomic mass is 9.88. The van der Waals surface area contributed by atoms with Crippen molar-refractivity contribution in [3.8, 4) is 5.69 Å². The number of aryl methyl sites for hydroxylation is 2. The molecule has 7 nitrogen and oxygen atoms in total. The zero-order valence-electron chi connectivity index (χ0n) is 19.0. The largest absolute Gasteiger partial charge is 0.369 e. The van der Waals surface area contributed by atoms with Gasteiger partial charge < -0.3 is 11.1 Å². The Morgan fingerprint density at radius 1 is 1.15 bits per heavy atom. The SMILES string of the molecule is CCCCc1cc(NC(=O)NC2CCCc3ccccc32)n(-c2cccc(CC(N)=O)c2)n1. The maximum atomic E-state index is 13.0. The van der Waals surface area contributed by atoms with Crippen molar-refractivity contribution in [2.45, 2.75) is 57.9 Å². The Balaban J connectivity index is 1.56. The number of nitrogens with one attached hydrogen (secondary N) is 2. The number of carbonyl (C=O) groups is 2. The summed E-state index contributed by atoms with van der Waals surface area (Å²) in [7, 11) is 0. The Bertz CT molecular complexity index is 1140. The number of benzene rings is 2. The van der Waals surface area contributed by atoms with E-state index >= 15 is 0 Å². The van der Waals surface area contributed by atoms with Crippen LogP contribution in [-0.2, 0) is 24.1 Å². The maximum Gasteiger partial charge on any atom is 0.320 e. The van der Waals surface area contributed by atoms with Gasteiger partial charge in [-0.25, -0.2) is 9.48 Å². The second-order valence-corrected chi connectivity index (χ2v) is 8.59. The highest BCUT2D eigenvalue weighted by Gasteiger charge is 2.22. The number of hydrogen-bond acceptors (Lipinski definition) is 3. The molecular weight excluding hydrogens is 414 g/mol. The average Bonchev–Trinajstić information content (AvgIpc) is 3.20. The summed E-state index contributed by atoms with van der Waals surface area (Å²) in [6.45, 7) is 2.14. The summed E-state index contributed by atoms with van der Waals surface area (Å²) < 4.78 is 1.73. The predicted octanol–water partition coefficient (Wildman–Crippen LogP) is 4.44. The van der Waals surface area contributed by atoms with Crippen LogP contribution in [0.5, 0.6) is 0 Å². The second-order valence-electron chi connectivity index (χ2n) is 8.59. The van der Waals surface area contributed by atoms with Crippen molar-refractivity contribution in [3.63, 3.8) is 0 Å². The number of carbonyl (C=O) groups excluding carboxylic acids is 2. The van der Waals surface area contributed by atoms with E-state index in [0.29, 0.717) is 5.82 Å². The number of urea groups is 1. The van der Waals surface area contributed by atoms with Crippen molar-refractivity contribution < 1.29 is 9.59 Å². The highest BCUT2D eigenvalue weighted by molar-refractivity contribution is 5.89. The van der Waals surface area contributed by atoms with Crippen LogP contribution in [-0.4, -0.2) is 21.7 Å². The predicted molar refractivity (Wildman–Crippen MR) is 129 cm³/mol. The van der Waals surface area contributed by atoms with Crippen LogP contribution < -0.4 is 16.4 Å². The summed E-state index contributed by atoms with van der Waals surface area (Å²) in [5.41, 5.74) is 10.3. The molecule has 1 heterocycles. The van der Waals surface area contributed by atoms with Gasteiger partial charge in [-0.05, 0) is 60.9 Å². The number of nitrogens with two attached hydrogens (primary N) is 1. The molecule has 1 unspecified atom stereocenters. The van der Waals surface area contributed by atoms with E-state index in [-0.39, 0.29) is 24.4 Å². The van der Waals surface area contributed by atoms with Crippen LogP contribution >= 0.6 is 0 Å². The first-order chi connectivity index (χ1) is 16.0. The van der Waals surface area contributed by atoms with E-state index in [1.165, 1.54) is 11.1 Å². The summed E-state index contributed by atoms with van der Waals surface area (Å²) in [6, 6.07) is 17.5. The quantitative estimate of drug-likeness (QED) is 0.478. The number of unbranched alkanes of at least 4 members (excludes halogenated alkanes) is 1. The van der Waals surface area contributed by atoms with Gasteiger partial charge in [0.05, 0.1) is 23.8 Å². The van der Waals surface area contributed by atoms with Crippen molar-refractivity contribution in [2.75, 3.05) is 5.32 Å². The van der Waals surface area contributed by atoms with E-state index in [1.54, 1.807) is 4.68 Å². The Morgan fingerprint density at radius 2 is 2.00 bits per heavy atom. The lowest BCUT2D eigenvalue weighted by Gasteiger charge is -2.26. The summed E-state index contributed by atoms with van der Waals surface area (Å²) >= 11 is 0. The molecule has 33 heavy (non-hydrogen) atoms. The van der Waals surface area contributed by atoms with Gasteiger partial charge in [-0.3, -0.25) is 10.1 Å². The fraction of sp³-hybridized carbons (Fsp3) is 0.346. The van der Waals surface area contributed by atoms with Crippen molar-refractivity contribution in [1.82, 2.24) is 15.1 Å². The smallest absolute Gasteiger partial charge is 0.320 e. The minimum Gasteiger partial charge on any atom is -0.369 e. The molecule has 1 aliphatic carbocycles. The molecule has 1 atom stereocenters. The minimum absolute atomic E-state index is 0.00947. The van der Waals surface area contributed by atoms with Crippen molar-refractivity contribution in [1.29, 1.82) is 0 Å². The molecule has 0 radical (unpaired) electrons. The van der Waals surface area contributed by atoms with E-state index in [2.05, 4.69) is 29.7 Å². The van der Waals surface area contributed by atoms with Gasteiger partial charge in [0.15, 0.2) is 0 Å². The molecule has 3 aromatic rings. The van der Waals surface area contributed by atoms with Crippen LogP contribution in [0, 0.1) is 0 Å². The Morgan fingerprint density at radius 3 is 2.82 bits per heavy atom. The summed E-state index contributed by atoms with van der Waals surface area (Å²) in [5, 5.41) is 10.9. The molecule has 0 aliphatic heterocycles. The summed E-state index contributed by atoms with van der Waals surface area (Å²) in [5.74, 6) is 0.209. The van der Waals surface area contributed by atoms with Gasteiger partial charge in [0.2, 0.25) is 5.91 Å². The molecule has 3 amide bonds. The molecule has 1 aliphatic rings. The molecule has 0 saturated heterocycles. The summed E-state index contributed by atoms with van der Waals surface area (Å²) in [6.07, 6.45) is 6.08. The minimum atomic E-state index is -0.387. The van der Waals surface area contributed by atoms with Crippen LogP contribution in [0.1, 0.15) is 61.0 Å². The third-order valence-corrected chi connectivity index (χ3v) is 6.00. The van der Waals surface area contributed by atoms with E-state index in [1.807, 2.05) is 42.5 Å². The molecule has 0 bridgehead atoms. The molecule has 0 fully saturated rings. The third-order valence-electron chi connectivity index (χ3n) is 6.00. The first kappa shape index (κ1) is 22.6. The van der Waals surface area contributed by atoms with E-state index in [0.717, 1.165) is 55.5 Å². The number of rotatable bonds is 8. The number of aromatic nitrogens is 2. The zero-order valence-corrected chi connectivity index (χ0v) is 19.0. The van der Waals surface area contributed by atoms with Gasteiger partial charge in [-0.1, -0.05) is 49.7 Å². The lowest BCUT2D eigenvalue weighted by molar-refractivity contribution is -0.117. The van der Waals surface area contributed by atoms with Crippen molar-refractivity contribution in [3.05, 3.63) is 77.0 Å². The van der Waals surface area contributed by atoms with E-state index in [4.69, 9.17) is 10.8 Å². The van der Waals surface area contributed by atoms with Crippen LogP contribution in [0.3, 0.4) is 0 Å². The number of primary amides is 1. The fourth-order valence-corrected chi connectivity index (χ4v) is 4.41. The van der Waals surface area contributed by atoms with Gasteiger partial charge >= 0.3 is 6.03 Å². The Labute approximate surface area is 194 Å². The van der Waals surface area contributed by atoms with Crippen LogP contribution in [0.2, 0.25) is 0 Å². The number of hydrogen-bond donors (Lipinski definition) is 3. The summed E-state index contributed by atoms with van der Waals surface area (Å²) in [4.78, 5) is 24.3. The van der Waals surface area contributed by atoms with Crippen LogP contribution in [0.15, 0.2) is 54.6 Å². The van der Waals surface area contributed by atoms with Gasteiger partial charge in [0.25, 0.3) is 0 Å². The zero-order chi connectivity index (χ0) is 23.2. The normalized spacial score (nSPS) is 15.0. The first-order valence-electron chi connectivity index (χ1n) is 11.7. The average molecular weight is 446 g/mol. The fourth-order valence-electron chi connectivity index (χ4n) is 4.41. The van der Waals surface area contributed by atoms with E-state index in [9.17, 15) is 9.59 Å². The van der Waals surface area contributed by atoms with E-state index < -0.39 is 0 Å². The highest BCUT2D eigenvalue weighted by atomic mass is 16.2. The molecule has 1 aromatic heterocycles. The van der Waals surface area contributed by atoms with Crippen molar-refractivity contribution >= 4 is 17.8 Å². The Kier molecular flexibility index (Phi) is 7.07. The number of anilines is 1. The van der Waals surface area contributed by atoms with Gasteiger partial charge in [-0.15, -0.1) is 0 Å².